The van der Waals surface area contributed by atoms with E-state index in [9.17, 15) is 24.0 Å². The van der Waals surface area contributed by atoms with Crippen LogP contribution >= 0.6 is 0 Å². The molecule has 0 radical (unpaired) electrons. The summed E-state index contributed by atoms with van der Waals surface area (Å²) in [5.41, 5.74) is 0.914. The molecule has 2 aromatic carbocycles. The van der Waals surface area contributed by atoms with Crippen LogP contribution < -0.4 is 15.4 Å². The van der Waals surface area contributed by atoms with Gasteiger partial charge in [0, 0.05) is 26.5 Å². The monoisotopic (exact) mass is 1210 g/mol. The summed E-state index contributed by atoms with van der Waals surface area (Å²) in [7, 11) is 1.64. The highest BCUT2D eigenvalue weighted by molar-refractivity contribution is 6.21. The first-order valence-electron chi connectivity index (χ1n) is 29.1. The van der Waals surface area contributed by atoms with Crippen LogP contribution in [-0.4, -0.2) is 278 Å². The van der Waals surface area contributed by atoms with Gasteiger partial charge in [0.25, 0.3) is 11.8 Å². The Labute approximate surface area is 500 Å². The van der Waals surface area contributed by atoms with Crippen LogP contribution in [0.2, 0.25) is 0 Å². The van der Waals surface area contributed by atoms with E-state index < -0.39 is 23.5 Å². The van der Waals surface area contributed by atoms with E-state index in [1.807, 2.05) is 0 Å². The third-order valence-corrected chi connectivity index (χ3v) is 11.4. The molecular formula is C59H95N3O23. The van der Waals surface area contributed by atoms with Gasteiger partial charge in [-0.3, -0.25) is 24.1 Å². The van der Waals surface area contributed by atoms with Crippen LogP contribution in [0, 0.1) is 0 Å². The molecule has 0 saturated heterocycles. The van der Waals surface area contributed by atoms with Crippen LogP contribution in [0.15, 0.2) is 48.5 Å². The molecule has 26 heteroatoms. The number of esters is 1. The minimum absolute atomic E-state index is 0.00799. The number of carbonyl (C=O) groups excluding carboxylic acids is 5. The van der Waals surface area contributed by atoms with Gasteiger partial charge >= 0.3 is 5.97 Å². The summed E-state index contributed by atoms with van der Waals surface area (Å²) in [6.45, 7) is 17.8. The highest BCUT2D eigenvalue weighted by Gasteiger charge is 2.34. The Kier molecular flexibility index (Phi) is 43.9. The van der Waals surface area contributed by atoms with Crippen molar-refractivity contribution in [1.29, 1.82) is 0 Å². The summed E-state index contributed by atoms with van der Waals surface area (Å²) in [5, 5.41) is 5.65. The van der Waals surface area contributed by atoms with Gasteiger partial charge in [-0.25, -0.2) is 4.79 Å². The topological polar surface area (TPSA) is 279 Å². The molecule has 1 aliphatic heterocycles. The van der Waals surface area contributed by atoms with Crippen molar-refractivity contribution in [3.8, 4) is 5.75 Å². The van der Waals surface area contributed by atoms with Gasteiger partial charge < -0.3 is 95.9 Å². The summed E-state index contributed by atoms with van der Waals surface area (Å²) in [4.78, 5) is 64.6. The minimum atomic E-state index is -0.910. The van der Waals surface area contributed by atoms with E-state index in [0.29, 0.717) is 182 Å². The Bertz CT molecular complexity index is 2000. The zero-order valence-electron chi connectivity index (χ0n) is 50.5. The quantitative estimate of drug-likeness (QED) is 0.0545. The lowest BCUT2D eigenvalue weighted by Crippen LogP contribution is -2.48. The highest BCUT2D eigenvalue weighted by atomic mass is 16.6. The highest BCUT2D eigenvalue weighted by Crippen LogP contribution is 2.22. The fourth-order valence-electron chi connectivity index (χ4n) is 7.28. The number of amides is 4. The molecule has 0 aromatic heterocycles. The largest absolute Gasteiger partial charge is 0.482 e. The van der Waals surface area contributed by atoms with Gasteiger partial charge in [0.05, 0.1) is 222 Å². The number of imide groups is 1. The molecule has 0 bridgehead atoms. The molecule has 0 aliphatic carbocycles. The molecule has 85 heavy (non-hydrogen) atoms. The van der Waals surface area contributed by atoms with Gasteiger partial charge in [0.15, 0.2) is 6.61 Å². The summed E-state index contributed by atoms with van der Waals surface area (Å²) < 4.78 is 98.5. The van der Waals surface area contributed by atoms with Gasteiger partial charge in [-0.1, -0.05) is 24.3 Å². The van der Waals surface area contributed by atoms with Crippen molar-refractivity contribution in [3.63, 3.8) is 0 Å². The summed E-state index contributed by atoms with van der Waals surface area (Å²) in [6.07, 6.45) is 0.186. The number of hydrogen-bond acceptors (Lipinski definition) is 23. The Balaban J connectivity index is 1.14. The molecule has 1 atom stereocenters. The van der Waals surface area contributed by atoms with Gasteiger partial charge in [-0.05, 0) is 50.6 Å². The average molecular weight is 1210 g/mol. The maximum absolute atomic E-state index is 13.4. The summed E-state index contributed by atoms with van der Waals surface area (Å²) in [6, 6.07) is 12.7. The third kappa shape index (κ3) is 39.5. The predicted octanol–water partition coefficient (Wildman–Crippen LogP) is 2.13. The Hall–Kier alpha value is -4.85. The Morgan fingerprint density at radius 1 is 0.459 bits per heavy atom. The number of ether oxygens (including phenoxy) is 18. The molecule has 1 heterocycles. The number of rotatable bonds is 58. The number of benzene rings is 2. The Morgan fingerprint density at radius 2 is 0.812 bits per heavy atom. The minimum Gasteiger partial charge on any atom is -0.482 e. The van der Waals surface area contributed by atoms with Crippen LogP contribution in [0.3, 0.4) is 0 Å². The van der Waals surface area contributed by atoms with Crippen molar-refractivity contribution in [2.75, 3.05) is 232 Å². The molecule has 0 saturated carbocycles. The molecule has 2 N–H and O–H groups in total. The van der Waals surface area contributed by atoms with Crippen LogP contribution in [0.5, 0.6) is 5.75 Å². The molecule has 0 spiro atoms. The molecule has 0 fully saturated rings. The summed E-state index contributed by atoms with van der Waals surface area (Å²) in [5.74, 6) is -1.47. The van der Waals surface area contributed by atoms with E-state index in [4.69, 9.17) is 85.3 Å². The standard InChI is InChI=1S/C59H95N3O23/c1-59(2,3)85-55(64)48-84-50-11-9-49(10-12-50)47-53(61-54(63)13-16-69-21-24-73-29-31-75-26-23-71-18-15-62-57(66)51-7-5-6-8-52(51)58(62)67)56(65)60-14-17-70-22-25-74-30-32-77-35-36-79-39-40-81-43-44-83-46-45-82-42-41-80-38-37-78-34-33-76-28-27-72-20-19-68-4/h5-12,53H,13-48H2,1-4H3,(H,60,65)(H,61,63). The van der Waals surface area contributed by atoms with Crippen LogP contribution in [0.1, 0.15) is 53.5 Å². The van der Waals surface area contributed by atoms with Crippen molar-refractivity contribution < 1.29 is 109 Å². The zero-order chi connectivity index (χ0) is 61.1. The molecule has 484 valence electrons. The maximum Gasteiger partial charge on any atom is 0.344 e. The number of nitrogens with zero attached hydrogens (tertiary/aromatic N) is 1. The lowest BCUT2D eigenvalue weighted by molar-refractivity contribution is -0.157. The fourth-order valence-corrected chi connectivity index (χ4v) is 7.28. The van der Waals surface area contributed by atoms with Crippen molar-refractivity contribution in [3.05, 3.63) is 65.2 Å². The molecule has 26 nitrogen and oxygen atoms in total. The van der Waals surface area contributed by atoms with Gasteiger partial charge in [-0.15, -0.1) is 0 Å². The predicted molar refractivity (Wildman–Crippen MR) is 307 cm³/mol. The van der Waals surface area contributed by atoms with Gasteiger partial charge in [-0.2, -0.15) is 0 Å². The van der Waals surface area contributed by atoms with Crippen molar-refractivity contribution in [2.24, 2.45) is 0 Å². The second-order valence-electron chi connectivity index (χ2n) is 19.4. The fraction of sp³-hybridized carbons (Fsp3) is 0.712. The second kappa shape index (κ2) is 50.2. The molecule has 4 amide bonds. The molecule has 2 aromatic rings. The number of fused-ring (bicyclic) bond motifs is 1. The van der Waals surface area contributed by atoms with E-state index >= 15 is 0 Å². The SMILES string of the molecule is COCCOCCOCCOCCOCCOCCOCCOCCOCCOCCOCCOCCNC(=O)C(Cc1ccc(OCC(=O)OC(C)(C)C)cc1)NC(=O)CCOCCOCCOCCOCCN1C(=O)c2ccccc2C1=O. The number of methoxy groups -OCH3 is 1. The van der Waals surface area contributed by atoms with E-state index in [-0.39, 0.29) is 89.9 Å². The van der Waals surface area contributed by atoms with Gasteiger partial charge in [0.1, 0.15) is 17.4 Å². The first-order valence-corrected chi connectivity index (χ1v) is 29.1. The molecule has 1 aliphatic rings. The van der Waals surface area contributed by atoms with Crippen molar-refractivity contribution in [1.82, 2.24) is 15.5 Å². The van der Waals surface area contributed by atoms with Crippen molar-refractivity contribution >= 4 is 29.6 Å². The van der Waals surface area contributed by atoms with Crippen molar-refractivity contribution in [2.45, 2.75) is 45.3 Å². The number of nitrogens with one attached hydrogen (secondary N) is 2. The maximum atomic E-state index is 13.4. The van der Waals surface area contributed by atoms with E-state index in [0.717, 1.165) is 5.56 Å². The zero-order valence-corrected chi connectivity index (χ0v) is 50.5. The van der Waals surface area contributed by atoms with Crippen LogP contribution in [0.4, 0.5) is 0 Å². The molecule has 1 unspecified atom stereocenters. The second-order valence-corrected chi connectivity index (χ2v) is 19.4. The molecular weight excluding hydrogens is 1120 g/mol. The lowest BCUT2D eigenvalue weighted by Gasteiger charge is -2.20. The average Bonchev–Trinajstić information content (AvgIpc) is 3.76. The van der Waals surface area contributed by atoms with E-state index in [1.54, 1.807) is 76.4 Å². The van der Waals surface area contributed by atoms with Crippen LogP contribution in [0.25, 0.3) is 0 Å². The third-order valence-electron chi connectivity index (χ3n) is 11.4. The van der Waals surface area contributed by atoms with Gasteiger partial charge in [0.2, 0.25) is 11.8 Å². The van der Waals surface area contributed by atoms with E-state index in [1.165, 1.54) is 4.90 Å². The van der Waals surface area contributed by atoms with Crippen LogP contribution in [-0.2, 0) is 101 Å². The smallest absolute Gasteiger partial charge is 0.344 e. The summed E-state index contributed by atoms with van der Waals surface area (Å²) >= 11 is 0. The molecule has 3 rings (SSSR count). The first kappa shape index (κ1) is 74.4. The normalized spacial score (nSPS) is 12.7. The Morgan fingerprint density at radius 3 is 1.19 bits per heavy atom. The first-order chi connectivity index (χ1) is 41.5. The lowest BCUT2D eigenvalue weighted by atomic mass is 10.0. The van der Waals surface area contributed by atoms with E-state index in [2.05, 4.69) is 10.6 Å². The number of hydrogen-bond donors (Lipinski definition) is 2. The number of carbonyl (C=O) groups is 5.